The second kappa shape index (κ2) is 12.2. The Kier molecular flexibility index (Phi) is 9.06. The number of nitrogens with one attached hydrogen (secondary N) is 1. The molecule has 3 aromatic carbocycles. The molecule has 0 aliphatic heterocycles. The SMILES string of the molecule is COc1cccc(CN(C(=O)COc2ccccc2F)C(Cc2ccccc2)C(=O)NC(C)(C)C)c1. The van der Waals surface area contributed by atoms with Crippen LogP contribution in [0.2, 0.25) is 0 Å². The fourth-order valence-electron chi connectivity index (χ4n) is 3.76. The highest BCUT2D eigenvalue weighted by Crippen LogP contribution is 2.20. The average Bonchev–Trinajstić information content (AvgIpc) is 2.85. The molecule has 0 aromatic heterocycles. The van der Waals surface area contributed by atoms with Crippen molar-refractivity contribution in [3.8, 4) is 11.5 Å². The molecule has 0 fully saturated rings. The van der Waals surface area contributed by atoms with Crippen molar-refractivity contribution >= 4 is 11.8 Å². The summed E-state index contributed by atoms with van der Waals surface area (Å²) in [7, 11) is 1.57. The third-order valence-electron chi connectivity index (χ3n) is 5.44. The molecule has 1 atom stereocenters. The van der Waals surface area contributed by atoms with Gasteiger partial charge in [-0.05, 0) is 56.2 Å². The molecule has 7 heteroatoms. The third-order valence-corrected chi connectivity index (χ3v) is 5.44. The lowest BCUT2D eigenvalue weighted by atomic mass is 10.0. The lowest BCUT2D eigenvalue weighted by Crippen LogP contribution is -2.55. The van der Waals surface area contributed by atoms with E-state index < -0.39 is 29.9 Å². The van der Waals surface area contributed by atoms with Crippen LogP contribution in [0.3, 0.4) is 0 Å². The molecule has 1 unspecified atom stereocenters. The van der Waals surface area contributed by atoms with Crippen molar-refractivity contribution in [1.29, 1.82) is 0 Å². The molecule has 3 rings (SSSR count). The first-order chi connectivity index (χ1) is 17.2. The minimum atomic E-state index is -0.824. The van der Waals surface area contributed by atoms with Crippen LogP contribution in [-0.2, 0) is 22.6 Å². The lowest BCUT2D eigenvalue weighted by molar-refractivity contribution is -0.143. The highest BCUT2D eigenvalue weighted by molar-refractivity contribution is 5.89. The van der Waals surface area contributed by atoms with Crippen LogP contribution >= 0.6 is 0 Å². The molecule has 0 bridgehead atoms. The molecule has 0 aliphatic carbocycles. The number of carbonyl (C=O) groups excluding carboxylic acids is 2. The van der Waals surface area contributed by atoms with E-state index in [0.717, 1.165) is 11.1 Å². The quantitative estimate of drug-likeness (QED) is 0.443. The smallest absolute Gasteiger partial charge is 0.261 e. The molecule has 190 valence electrons. The number of benzene rings is 3. The summed E-state index contributed by atoms with van der Waals surface area (Å²) in [5.41, 5.74) is 1.20. The minimum absolute atomic E-state index is 0.0223. The van der Waals surface area contributed by atoms with Gasteiger partial charge in [0.15, 0.2) is 18.2 Å². The molecule has 0 saturated heterocycles. The van der Waals surface area contributed by atoms with Crippen molar-refractivity contribution in [3.63, 3.8) is 0 Å². The predicted molar refractivity (Wildman–Crippen MR) is 137 cm³/mol. The first-order valence-corrected chi connectivity index (χ1v) is 11.8. The van der Waals surface area contributed by atoms with Crippen LogP contribution in [0.4, 0.5) is 4.39 Å². The van der Waals surface area contributed by atoms with E-state index in [0.29, 0.717) is 12.2 Å². The van der Waals surface area contributed by atoms with Crippen LogP contribution < -0.4 is 14.8 Å². The molecule has 1 N–H and O–H groups in total. The molecule has 0 heterocycles. The molecule has 2 amide bonds. The highest BCUT2D eigenvalue weighted by atomic mass is 19.1. The Morgan fingerprint density at radius 2 is 1.61 bits per heavy atom. The van der Waals surface area contributed by atoms with Gasteiger partial charge in [0, 0.05) is 18.5 Å². The zero-order valence-corrected chi connectivity index (χ0v) is 21.2. The number of nitrogens with zero attached hydrogens (tertiary/aromatic N) is 1. The Balaban J connectivity index is 1.95. The van der Waals surface area contributed by atoms with E-state index in [2.05, 4.69) is 5.32 Å². The van der Waals surface area contributed by atoms with Crippen LogP contribution in [0.15, 0.2) is 78.9 Å². The number of rotatable bonds is 10. The van der Waals surface area contributed by atoms with E-state index in [9.17, 15) is 14.0 Å². The van der Waals surface area contributed by atoms with E-state index in [-0.39, 0.29) is 18.2 Å². The summed E-state index contributed by atoms with van der Waals surface area (Å²) in [6, 6.07) is 21.9. The number of hydrogen-bond donors (Lipinski definition) is 1. The molecule has 36 heavy (non-hydrogen) atoms. The monoisotopic (exact) mass is 492 g/mol. The van der Waals surface area contributed by atoms with Crippen molar-refractivity contribution < 1.29 is 23.5 Å². The van der Waals surface area contributed by atoms with Gasteiger partial charge in [-0.25, -0.2) is 4.39 Å². The zero-order valence-electron chi connectivity index (χ0n) is 21.2. The summed E-state index contributed by atoms with van der Waals surface area (Å²) in [6.45, 7) is 5.39. The molecular weight excluding hydrogens is 459 g/mol. The Morgan fingerprint density at radius 3 is 2.28 bits per heavy atom. The fourth-order valence-corrected chi connectivity index (χ4v) is 3.76. The normalized spacial score (nSPS) is 11.9. The molecule has 0 spiro atoms. The predicted octanol–water partition coefficient (Wildman–Crippen LogP) is 4.77. The van der Waals surface area contributed by atoms with Gasteiger partial charge in [-0.2, -0.15) is 0 Å². The van der Waals surface area contributed by atoms with Crippen LogP contribution in [0.25, 0.3) is 0 Å². The van der Waals surface area contributed by atoms with Gasteiger partial charge < -0.3 is 19.7 Å². The second-order valence-corrected chi connectivity index (χ2v) is 9.54. The molecular formula is C29H33FN2O4. The van der Waals surface area contributed by atoms with Crippen LogP contribution in [0, 0.1) is 5.82 Å². The first kappa shape index (κ1) is 26.7. The molecule has 0 saturated carbocycles. The molecule has 6 nitrogen and oxygen atoms in total. The van der Waals surface area contributed by atoms with Gasteiger partial charge in [-0.1, -0.05) is 54.6 Å². The largest absolute Gasteiger partial charge is 0.497 e. The Morgan fingerprint density at radius 1 is 0.944 bits per heavy atom. The van der Waals surface area contributed by atoms with Crippen molar-refractivity contribution in [2.75, 3.05) is 13.7 Å². The average molecular weight is 493 g/mol. The lowest BCUT2D eigenvalue weighted by Gasteiger charge is -2.33. The van der Waals surface area contributed by atoms with E-state index >= 15 is 0 Å². The van der Waals surface area contributed by atoms with Crippen molar-refractivity contribution in [2.24, 2.45) is 0 Å². The third kappa shape index (κ3) is 7.83. The zero-order chi connectivity index (χ0) is 26.1. The molecule has 0 radical (unpaired) electrons. The minimum Gasteiger partial charge on any atom is -0.497 e. The van der Waals surface area contributed by atoms with Crippen molar-refractivity contribution in [1.82, 2.24) is 10.2 Å². The summed E-state index contributed by atoms with van der Waals surface area (Å²) < 4.78 is 25.0. The number of methoxy groups -OCH3 is 1. The first-order valence-electron chi connectivity index (χ1n) is 11.8. The summed E-state index contributed by atoms with van der Waals surface area (Å²) >= 11 is 0. The number of para-hydroxylation sites is 1. The standard InChI is InChI=1S/C29H33FN2O4/c1-29(2,3)31-28(34)25(18-21-11-6-5-7-12-21)32(19-22-13-10-14-23(17-22)35-4)27(33)20-36-26-16-9-8-15-24(26)30/h5-17,25H,18-20H2,1-4H3,(H,31,34). The Labute approximate surface area is 212 Å². The Bertz CT molecular complexity index is 1160. The summed E-state index contributed by atoms with van der Waals surface area (Å²) in [4.78, 5) is 28.6. The topological polar surface area (TPSA) is 67.9 Å². The van der Waals surface area contributed by atoms with Gasteiger partial charge in [-0.15, -0.1) is 0 Å². The number of hydrogen-bond acceptors (Lipinski definition) is 4. The van der Waals surface area contributed by atoms with Gasteiger partial charge in [0.1, 0.15) is 11.8 Å². The molecule has 0 aliphatic rings. The maximum Gasteiger partial charge on any atom is 0.261 e. The summed E-state index contributed by atoms with van der Waals surface area (Å²) in [5, 5.41) is 3.01. The number of ether oxygens (including phenoxy) is 2. The van der Waals surface area contributed by atoms with E-state index in [1.807, 2.05) is 75.4 Å². The van der Waals surface area contributed by atoms with Gasteiger partial charge in [0.05, 0.1) is 7.11 Å². The van der Waals surface area contributed by atoms with Gasteiger partial charge in [-0.3, -0.25) is 9.59 Å². The van der Waals surface area contributed by atoms with Crippen molar-refractivity contribution in [3.05, 3.63) is 95.8 Å². The fraction of sp³-hybridized carbons (Fsp3) is 0.310. The second-order valence-electron chi connectivity index (χ2n) is 9.54. The summed E-state index contributed by atoms with van der Waals surface area (Å²) in [6.07, 6.45) is 0.304. The summed E-state index contributed by atoms with van der Waals surface area (Å²) in [5.74, 6) is -0.664. The van der Waals surface area contributed by atoms with E-state index in [4.69, 9.17) is 9.47 Å². The van der Waals surface area contributed by atoms with Crippen molar-refractivity contribution in [2.45, 2.75) is 45.3 Å². The maximum atomic E-state index is 14.1. The maximum absolute atomic E-state index is 14.1. The van der Waals surface area contributed by atoms with Gasteiger partial charge in [0.2, 0.25) is 5.91 Å². The van der Waals surface area contributed by atoms with Crippen LogP contribution in [0.1, 0.15) is 31.9 Å². The van der Waals surface area contributed by atoms with Gasteiger partial charge in [0.25, 0.3) is 5.91 Å². The van der Waals surface area contributed by atoms with Crippen LogP contribution in [0.5, 0.6) is 11.5 Å². The number of carbonyl (C=O) groups is 2. The van der Waals surface area contributed by atoms with Gasteiger partial charge >= 0.3 is 0 Å². The van der Waals surface area contributed by atoms with Crippen LogP contribution in [-0.4, -0.2) is 42.0 Å². The van der Waals surface area contributed by atoms with E-state index in [1.54, 1.807) is 19.2 Å². The Hall–Kier alpha value is -3.87. The highest BCUT2D eigenvalue weighted by Gasteiger charge is 2.32. The molecule has 3 aromatic rings. The number of amides is 2. The number of halogens is 1. The van der Waals surface area contributed by atoms with E-state index in [1.165, 1.54) is 17.0 Å².